The number of benzene rings is 1. The molecular weight excluding hydrogens is 393 g/mol. The van der Waals surface area contributed by atoms with Crippen molar-refractivity contribution in [2.45, 2.75) is 19.9 Å². The molecule has 2 N–H and O–H groups in total. The second-order valence-corrected chi connectivity index (χ2v) is 7.99. The Hall–Kier alpha value is -3.33. The van der Waals surface area contributed by atoms with E-state index in [1.807, 2.05) is 25.1 Å². The lowest BCUT2D eigenvalue weighted by Crippen LogP contribution is -2.34. The van der Waals surface area contributed by atoms with Gasteiger partial charge in [-0.15, -0.1) is 11.3 Å². The van der Waals surface area contributed by atoms with Gasteiger partial charge in [0.15, 0.2) is 0 Å². The fourth-order valence-electron chi connectivity index (χ4n) is 3.43. The molecular formula is C20H16FN5O2S. The Morgan fingerprint density at radius 1 is 1.17 bits per heavy atom. The van der Waals surface area contributed by atoms with Gasteiger partial charge in [-0.3, -0.25) is 4.79 Å². The van der Waals surface area contributed by atoms with Crippen LogP contribution >= 0.6 is 11.3 Å². The second-order valence-electron chi connectivity index (χ2n) is 6.94. The van der Waals surface area contributed by atoms with Gasteiger partial charge in [0.25, 0.3) is 5.91 Å². The Kier molecular flexibility index (Phi) is 4.06. The summed E-state index contributed by atoms with van der Waals surface area (Å²) < 4.78 is 20.0. The summed E-state index contributed by atoms with van der Waals surface area (Å²) >= 11 is 1.46. The number of hydrogen-bond acceptors (Lipinski definition) is 7. The SMILES string of the molecule is Cc1cc(Oc2ccc3c(ccc4sc5c(c43)NC[C@@H](C)NC5=O)n2)nc(F)n1. The highest BCUT2D eigenvalue weighted by Gasteiger charge is 2.24. The number of carbonyl (C=O) groups is 1. The van der Waals surface area contributed by atoms with Gasteiger partial charge in [-0.2, -0.15) is 9.37 Å². The summed E-state index contributed by atoms with van der Waals surface area (Å²) in [5.74, 6) is 0.329. The Morgan fingerprint density at radius 2 is 2.03 bits per heavy atom. The number of halogens is 1. The molecule has 0 bridgehead atoms. The van der Waals surface area contributed by atoms with Crippen LogP contribution in [0.3, 0.4) is 0 Å². The molecule has 1 aliphatic rings. The van der Waals surface area contributed by atoms with Crippen molar-refractivity contribution in [1.82, 2.24) is 20.3 Å². The Labute approximate surface area is 169 Å². The predicted molar refractivity (Wildman–Crippen MR) is 109 cm³/mol. The van der Waals surface area contributed by atoms with Gasteiger partial charge < -0.3 is 15.4 Å². The average Bonchev–Trinajstić information content (AvgIpc) is 2.98. The van der Waals surface area contributed by atoms with Gasteiger partial charge in [-0.25, -0.2) is 9.97 Å². The van der Waals surface area contributed by atoms with Crippen LogP contribution in [0.25, 0.3) is 21.0 Å². The smallest absolute Gasteiger partial charge is 0.312 e. The summed E-state index contributed by atoms with van der Waals surface area (Å²) in [5, 5.41) is 8.26. The number of ether oxygens (including phenoxy) is 1. The minimum Gasteiger partial charge on any atom is -0.420 e. The zero-order valence-electron chi connectivity index (χ0n) is 15.6. The monoisotopic (exact) mass is 409 g/mol. The fraction of sp³-hybridized carbons (Fsp3) is 0.200. The summed E-state index contributed by atoms with van der Waals surface area (Å²) in [6.45, 7) is 4.27. The quantitative estimate of drug-likeness (QED) is 0.486. The lowest BCUT2D eigenvalue weighted by Gasteiger charge is -2.10. The third kappa shape index (κ3) is 3.13. The van der Waals surface area contributed by atoms with Crippen molar-refractivity contribution in [3.05, 3.63) is 47.0 Å². The molecule has 7 nitrogen and oxygen atoms in total. The van der Waals surface area contributed by atoms with Gasteiger partial charge in [-0.05, 0) is 32.0 Å². The molecule has 0 saturated heterocycles. The van der Waals surface area contributed by atoms with Crippen LogP contribution in [-0.4, -0.2) is 33.4 Å². The van der Waals surface area contributed by atoms with Crippen molar-refractivity contribution < 1.29 is 13.9 Å². The van der Waals surface area contributed by atoms with Crippen LogP contribution in [0.4, 0.5) is 10.1 Å². The number of amides is 1. The first-order valence-corrected chi connectivity index (χ1v) is 9.89. The van der Waals surface area contributed by atoms with Crippen LogP contribution in [0.2, 0.25) is 0 Å². The number of aromatic nitrogens is 3. The minimum absolute atomic E-state index is 0.0435. The first-order valence-electron chi connectivity index (χ1n) is 9.08. The number of pyridine rings is 1. The van der Waals surface area contributed by atoms with Gasteiger partial charge >= 0.3 is 6.08 Å². The summed E-state index contributed by atoms with van der Waals surface area (Å²) in [7, 11) is 0. The van der Waals surface area contributed by atoms with Crippen molar-refractivity contribution in [3.63, 3.8) is 0 Å². The number of nitrogens with zero attached hydrogens (tertiary/aromatic N) is 3. The highest BCUT2D eigenvalue weighted by molar-refractivity contribution is 7.21. The first kappa shape index (κ1) is 17.7. The summed E-state index contributed by atoms with van der Waals surface area (Å²) in [5.41, 5.74) is 2.01. The van der Waals surface area contributed by atoms with E-state index in [2.05, 4.69) is 25.6 Å². The molecule has 0 unspecified atom stereocenters. The fourth-order valence-corrected chi connectivity index (χ4v) is 4.53. The van der Waals surface area contributed by atoms with Crippen LogP contribution < -0.4 is 15.4 Å². The van der Waals surface area contributed by atoms with E-state index in [1.165, 1.54) is 11.3 Å². The molecule has 0 fully saturated rings. The topological polar surface area (TPSA) is 89.0 Å². The molecule has 4 aromatic rings. The van der Waals surface area contributed by atoms with E-state index < -0.39 is 6.08 Å². The molecule has 5 rings (SSSR count). The van der Waals surface area contributed by atoms with Crippen molar-refractivity contribution in [2.75, 3.05) is 11.9 Å². The molecule has 29 heavy (non-hydrogen) atoms. The minimum atomic E-state index is -0.845. The number of fused-ring (bicyclic) bond motifs is 5. The van der Waals surface area contributed by atoms with E-state index in [4.69, 9.17) is 4.74 Å². The Bertz CT molecular complexity index is 1270. The zero-order chi connectivity index (χ0) is 20.1. The third-order valence-electron chi connectivity index (χ3n) is 4.68. The average molecular weight is 409 g/mol. The van der Waals surface area contributed by atoms with Gasteiger partial charge in [0.1, 0.15) is 4.88 Å². The van der Waals surface area contributed by atoms with E-state index >= 15 is 0 Å². The highest BCUT2D eigenvalue weighted by atomic mass is 32.1. The van der Waals surface area contributed by atoms with E-state index in [1.54, 1.807) is 19.1 Å². The molecule has 0 aliphatic carbocycles. The molecule has 0 radical (unpaired) electrons. The largest absolute Gasteiger partial charge is 0.420 e. The van der Waals surface area contributed by atoms with Gasteiger partial charge in [0.05, 0.1) is 11.2 Å². The molecule has 0 spiro atoms. The van der Waals surface area contributed by atoms with Crippen LogP contribution in [0.15, 0.2) is 30.3 Å². The van der Waals surface area contributed by atoms with Crippen LogP contribution in [0.5, 0.6) is 11.8 Å². The summed E-state index contributed by atoms with van der Waals surface area (Å²) in [6, 6.07) is 9.02. The van der Waals surface area contributed by atoms with Crippen molar-refractivity contribution in [3.8, 4) is 11.8 Å². The second kappa shape index (κ2) is 6.63. The molecule has 146 valence electrons. The van der Waals surface area contributed by atoms with Crippen molar-refractivity contribution >= 4 is 43.9 Å². The maximum atomic E-state index is 13.4. The van der Waals surface area contributed by atoms with E-state index in [0.717, 1.165) is 21.2 Å². The molecule has 3 aromatic heterocycles. The highest BCUT2D eigenvalue weighted by Crippen LogP contribution is 2.41. The van der Waals surface area contributed by atoms with E-state index in [9.17, 15) is 9.18 Å². The number of nitrogens with one attached hydrogen (secondary N) is 2. The standard InChI is InChI=1S/C20H16FN5O2S/c1-9-7-15(26-20(21)24-9)28-14-6-3-11-12(25-14)4-5-13-16(11)17-18(29-13)19(27)23-10(2)8-22-17/h3-7,10,22H,8H2,1-2H3,(H,23,27)/t10-/m1/s1. The molecule has 0 saturated carbocycles. The normalized spacial score (nSPS) is 16.2. The van der Waals surface area contributed by atoms with E-state index in [-0.39, 0.29) is 17.8 Å². The van der Waals surface area contributed by atoms with Crippen LogP contribution in [0, 0.1) is 13.0 Å². The van der Waals surface area contributed by atoms with Crippen molar-refractivity contribution in [2.24, 2.45) is 0 Å². The molecule has 4 heterocycles. The number of aryl methyl sites for hydroxylation is 1. The molecule has 1 aliphatic heterocycles. The number of anilines is 1. The maximum absolute atomic E-state index is 13.4. The van der Waals surface area contributed by atoms with Gasteiger partial charge in [-0.1, -0.05) is 0 Å². The lowest BCUT2D eigenvalue weighted by atomic mass is 10.1. The van der Waals surface area contributed by atoms with E-state index in [0.29, 0.717) is 28.5 Å². The Morgan fingerprint density at radius 3 is 2.86 bits per heavy atom. The number of hydrogen-bond donors (Lipinski definition) is 2. The van der Waals surface area contributed by atoms with Crippen LogP contribution in [-0.2, 0) is 0 Å². The molecule has 1 aromatic carbocycles. The summed E-state index contributed by atoms with van der Waals surface area (Å²) in [6.07, 6.45) is -0.845. The Balaban J connectivity index is 1.61. The maximum Gasteiger partial charge on any atom is 0.312 e. The first-order chi connectivity index (χ1) is 14.0. The molecule has 1 amide bonds. The predicted octanol–water partition coefficient (Wildman–Crippen LogP) is 4.02. The van der Waals surface area contributed by atoms with Gasteiger partial charge in [0, 0.05) is 45.9 Å². The number of rotatable bonds is 2. The zero-order valence-corrected chi connectivity index (χ0v) is 16.4. The summed E-state index contributed by atoms with van der Waals surface area (Å²) in [4.78, 5) is 25.0. The van der Waals surface area contributed by atoms with Crippen molar-refractivity contribution in [1.29, 1.82) is 0 Å². The third-order valence-corrected chi connectivity index (χ3v) is 5.83. The van der Waals surface area contributed by atoms with Crippen LogP contribution in [0.1, 0.15) is 22.3 Å². The number of carbonyl (C=O) groups excluding carboxylic acids is 1. The molecule has 9 heteroatoms. The number of thiophene rings is 1. The molecule has 1 atom stereocenters. The van der Waals surface area contributed by atoms with Gasteiger partial charge in [0.2, 0.25) is 11.8 Å². The lowest BCUT2D eigenvalue weighted by molar-refractivity contribution is 0.0949.